The summed E-state index contributed by atoms with van der Waals surface area (Å²) >= 11 is 48.1. The smallest absolute Gasteiger partial charge is 0.475 e. The lowest BCUT2D eigenvalue weighted by molar-refractivity contribution is -0.148. The van der Waals surface area contributed by atoms with Crippen LogP contribution in [-0.4, -0.2) is 29.9 Å². The van der Waals surface area contributed by atoms with Crippen molar-refractivity contribution in [2.24, 2.45) is 0 Å². The lowest BCUT2D eigenvalue weighted by Crippen LogP contribution is -2.35. The Hall–Kier alpha value is -2.20. The van der Waals surface area contributed by atoms with E-state index >= 15 is 4.39 Å². The van der Waals surface area contributed by atoms with Gasteiger partial charge in [0.15, 0.2) is 11.9 Å². The summed E-state index contributed by atoms with van der Waals surface area (Å²) in [5.41, 5.74) is -1.45. The molecular weight excluding hydrogens is 943 g/mol. The summed E-state index contributed by atoms with van der Waals surface area (Å²) in [7, 11) is -5.22. The molecule has 1 N–H and O–H groups in total. The van der Waals surface area contributed by atoms with Gasteiger partial charge in [0.05, 0.1) is 50.0 Å². The molecule has 5 rings (SSSR count). The molecule has 0 saturated carbocycles. The summed E-state index contributed by atoms with van der Waals surface area (Å²) in [5.74, 6) is -6.84. The third-order valence-electron chi connectivity index (χ3n) is 7.71. The number of rotatable bonds is 16. The highest BCUT2D eigenvalue weighted by Crippen LogP contribution is 2.54. The molecule has 1 unspecified atom stereocenters. The predicted molar refractivity (Wildman–Crippen MR) is 201 cm³/mol. The van der Waals surface area contributed by atoms with E-state index in [0.717, 1.165) is 12.1 Å². The predicted octanol–water partition coefficient (Wildman–Crippen LogP) is 12.3. The first-order valence-corrected chi connectivity index (χ1v) is 19.8. The van der Waals surface area contributed by atoms with E-state index in [1.807, 2.05) is 0 Å². The zero-order valence-corrected chi connectivity index (χ0v) is 34.4. The van der Waals surface area contributed by atoms with Crippen LogP contribution in [0.15, 0.2) is 60.0 Å². The van der Waals surface area contributed by atoms with Gasteiger partial charge in [-0.1, -0.05) is 92.8 Å². The molecular formula is C34H21Cl8F4O9P. The molecule has 1 aliphatic rings. The zero-order valence-electron chi connectivity index (χ0n) is 27.5. The standard InChI is InChI=1S/C34H21Cl8F4O9P/c35-18-1-5-22(39)27(43)14(18)10-50-32-31(54-34(48)33(32)51-11-15-19(36)2-6-23(40)28(15)44)26(9-47)55-56(49,52-12-16-20(37)3-7-24(41)29(16)45)53-13-17-21(38)4-8-25(42)30(17)46/h1-8,26,31,47H,9-13H2/t26-,31?/m0/s1. The van der Waals surface area contributed by atoms with Crippen molar-refractivity contribution in [2.45, 2.75) is 38.6 Å². The molecule has 0 amide bonds. The summed E-state index contributed by atoms with van der Waals surface area (Å²) in [5, 5.41) is 8.31. The first-order valence-electron chi connectivity index (χ1n) is 15.3. The summed E-state index contributed by atoms with van der Waals surface area (Å²) in [6.45, 7) is -4.61. The summed E-state index contributed by atoms with van der Waals surface area (Å²) in [6, 6.07) is 9.56. The summed E-state index contributed by atoms with van der Waals surface area (Å²) < 4.78 is 107. The van der Waals surface area contributed by atoms with E-state index in [-0.39, 0.29) is 41.3 Å². The van der Waals surface area contributed by atoms with Crippen LogP contribution < -0.4 is 0 Å². The normalized spacial score (nSPS) is 15.0. The van der Waals surface area contributed by atoms with Crippen molar-refractivity contribution in [3.05, 3.63) is 146 Å². The Morgan fingerprint density at radius 3 is 1.30 bits per heavy atom. The molecule has 0 bridgehead atoms. The number of aliphatic hydroxyl groups is 1. The number of cyclic esters (lactones) is 1. The van der Waals surface area contributed by atoms with Crippen LogP contribution >= 0.6 is 101 Å². The van der Waals surface area contributed by atoms with Crippen LogP contribution in [0.25, 0.3) is 0 Å². The van der Waals surface area contributed by atoms with E-state index < -0.39 is 115 Å². The zero-order chi connectivity index (χ0) is 41.1. The number of phosphoric acid groups is 1. The second kappa shape index (κ2) is 19.2. The number of aliphatic hydroxyl groups excluding tert-OH is 1. The van der Waals surface area contributed by atoms with E-state index in [4.69, 9.17) is 121 Å². The molecule has 300 valence electrons. The van der Waals surface area contributed by atoms with Crippen LogP contribution in [0.3, 0.4) is 0 Å². The Kier molecular flexibility index (Phi) is 15.4. The molecule has 0 radical (unpaired) electrons. The molecule has 2 atom stereocenters. The lowest BCUT2D eigenvalue weighted by Gasteiger charge is -2.27. The van der Waals surface area contributed by atoms with Gasteiger partial charge < -0.3 is 19.3 Å². The number of carbonyl (C=O) groups is 1. The number of phosphoric ester groups is 1. The molecule has 0 fully saturated rings. The third-order valence-corrected chi connectivity index (χ3v) is 11.7. The maximum absolute atomic E-state index is 15.0. The number of hydrogen-bond donors (Lipinski definition) is 1. The van der Waals surface area contributed by atoms with Gasteiger partial charge in [-0.15, -0.1) is 0 Å². The maximum atomic E-state index is 15.0. The van der Waals surface area contributed by atoms with Crippen LogP contribution in [0.4, 0.5) is 17.6 Å². The van der Waals surface area contributed by atoms with Crippen LogP contribution in [0, 0.1) is 23.3 Å². The first-order chi connectivity index (χ1) is 26.5. The Bertz CT molecular complexity index is 2190. The largest absolute Gasteiger partial charge is 0.485 e. The van der Waals surface area contributed by atoms with Crippen molar-refractivity contribution >= 4 is 107 Å². The molecule has 0 saturated heterocycles. The van der Waals surface area contributed by atoms with Gasteiger partial charge in [-0.25, -0.2) is 26.9 Å². The Labute approximate surface area is 355 Å². The van der Waals surface area contributed by atoms with Crippen LogP contribution in [0.5, 0.6) is 0 Å². The monoisotopic (exact) mass is 960 g/mol. The van der Waals surface area contributed by atoms with Gasteiger partial charge in [-0.05, 0) is 48.5 Å². The number of ether oxygens (including phenoxy) is 3. The number of esters is 1. The molecule has 1 aliphatic heterocycles. The van der Waals surface area contributed by atoms with Crippen LogP contribution in [0.2, 0.25) is 40.2 Å². The quantitative estimate of drug-likeness (QED) is 0.0508. The minimum Gasteiger partial charge on any atom is -0.485 e. The average Bonchev–Trinajstić information content (AvgIpc) is 3.47. The Morgan fingerprint density at radius 2 is 0.929 bits per heavy atom. The molecule has 4 aromatic carbocycles. The van der Waals surface area contributed by atoms with Crippen LogP contribution in [-0.2, 0) is 63.6 Å². The third kappa shape index (κ3) is 10.1. The summed E-state index contributed by atoms with van der Waals surface area (Å²) in [6.07, 6.45) is -3.92. The average molecular weight is 964 g/mol. The van der Waals surface area contributed by atoms with E-state index in [1.165, 1.54) is 36.4 Å². The first kappa shape index (κ1) is 44.9. The van der Waals surface area contributed by atoms with Crippen molar-refractivity contribution in [1.29, 1.82) is 0 Å². The van der Waals surface area contributed by atoms with Crippen LogP contribution in [0.1, 0.15) is 22.3 Å². The van der Waals surface area contributed by atoms with E-state index in [9.17, 15) is 27.6 Å². The Balaban J connectivity index is 1.53. The van der Waals surface area contributed by atoms with Gasteiger partial charge in [0, 0.05) is 32.3 Å². The van der Waals surface area contributed by atoms with E-state index in [1.54, 1.807) is 0 Å². The SMILES string of the molecule is O=C1OC([C@H](CO)OP(=O)(OCc2c(Cl)ccc(Cl)c2F)OCc2c(Cl)ccc(Cl)c2F)C(OCc2c(Cl)ccc(Cl)c2F)=C1OCc1c(Cl)ccc(Cl)c1F. The second-order valence-corrected chi connectivity index (χ2v) is 16.1. The summed E-state index contributed by atoms with van der Waals surface area (Å²) in [4.78, 5) is 13.3. The molecule has 1 heterocycles. The van der Waals surface area contributed by atoms with E-state index in [0.29, 0.717) is 0 Å². The number of carbonyl (C=O) groups excluding carboxylic acids is 1. The Morgan fingerprint density at radius 1 is 0.589 bits per heavy atom. The van der Waals surface area contributed by atoms with Gasteiger partial charge in [0.25, 0.3) is 0 Å². The van der Waals surface area contributed by atoms with Gasteiger partial charge in [-0.2, -0.15) is 0 Å². The van der Waals surface area contributed by atoms with Gasteiger partial charge in [-0.3, -0.25) is 13.6 Å². The molecule has 22 heteroatoms. The van der Waals surface area contributed by atoms with Crippen molar-refractivity contribution in [1.82, 2.24) is 0 Å². The fraction of sp³-hybridized carbons (Fsp3) is 0.206. The maximum Gasteiger partial charge on any atom is 0.475 e. The molecule has 56 heavy (non-hydrogen) atoms. The van der Waals surface area contributed by atoms with Crippen molar-refractivity contribution in [3.8, 4) is 0 Å². The fourth-order valence-electron chi connectivity index (χ4n) is 4.81. The molecule has 0 spiro atoms. The number of halogens is 12. The number of benzene rings is 4. The van der Waals surface area contributed by atoms with Gasteiger partial charge >= 0.3 is 13.8 Å². The van der Waals surface area contributed by atoms with Crippen molar-refractivity contribution < 1.29 is 59.8 Å². The molecule has 0 aromatic heterocycles. The number of hydrogen-bond acceptors (Lipinski definition) is 9. The van der Waals surface area contributed by atoms with Gasteiger partial charge in [0.2, 0.25) is 5.76 Å². The van der Waals surface area contributed by atoms with Gasteiger partial charge in [0.1, 0.15) is 42.6 Å². The van der Waals surface area contributed by atoms with Crippen molar-refractivity contribution in [2.75, 3.05) is 6.61 Å². The molecule has 4 aromatic rings. The topological polar surface area (TPSA) is 110 Å². The molecule has 9 nitrogen and oxygen atoms in total. The highest BCUT2D eigenvalue weighted by molar-refractivity contribution is 7.48. The van der Waals surface area contributed by atoms with Crippen molar-refractivity contribution in [3.63, 3.8) is 0 Å². The fourth-order valence-corrected chi connectivity index (χ4v) is 7.60. The second-order valence-electron chi connectivity index (χ2n) is 11.2. The van der Waals surface area contributed by atoms with E-state index in [2.05, 4.69) is 0 Å². The lowest BCUT2D eigenvalue weighted by atomic mass is 10.1. The minimum atomic E-state index is -5.22. The molecule has 0 aliphatic carbocycles. The highest BCUT2D eigenvalue weighted by Gasteiger charge is 2.47. The minimum absolute atomic E-state index is 0.148. The highest BCUT2D eigenvalue weighted by atomic mass is 35.5.